The number of carbonyl (C=O) groups is 9. The predicted molar refractivity (Wildman–Crippen MR) is 480 cm³/mol. The first-order valence-electron chi connectivity index (χ1n) is 44.2. The number of unbranched alkanes of at least 4 members (excludes halogenated alkanes) is 1. The van der Waals surface area contributed by atoms with Crippen LogP contribution in [0.4, 0.5) is 0 Å². The maximum absolute atomic E-state index is 13.6. The molecule has 33 nitrogen and oxygen atoms in total. The zero-order valence-electron chi connectivity index (χ0n) is 76.0. The minimum Gasteiger partial charge on any atom is -0.385 e. The number of carbonyl (C=O) groups excluding carboxylic acids is 9. The highest BCUT2D eigenvalue weighted by atomic mass is 35.5. The molecular weight excluding hydrogens is 1690 g/mol. The maximum Gasteiger partial charge on any atom is 0.202 e. The molecule has 698 valence electrons. The summed E-state index contributed by atoms with van der Waals surface area (Å²) >= 11 is 7.93. The van der Waals surface area contributed by atoms with Crippen LogP contribution in [0.3, 0.4) is 0 Å². The van der Waals surface area contributed by atoms with Crippen molar-refractivity contribution in [3.8, 4) is 5.00 Å². The van der Waals surface area contributed by atoms with E-state index in [1.54, 1.807) is 113 Å². The van der Waals surface area contributed by atoms with Crippen LogP contribution in [0.1, 0.15) is 224 Å². The van der Waals surface area contributed by atoms with Gasteiger partial charge in [-0.25, -0.2) is 15.0 Å². The number of aromatic nitrogens is 11. The summed E-state index contributed by atoms with van der Waals surface area (Å²) in [6.07, 6.45) is 13.3. The van der Waals surface area contributed by atoms with Crippen molar-refractivity contribution < 1.29 is 95.6 Å². The lowest BCUT2D eigenvalue weighted by Crippen LogP contribution is -2.15. The van der Waals surface area contributed by atoms with Gasteiger partial charge >= 0.3 is 0 Å². The number of hydrogen-bond donors (Lipinski definition) is 1. The number of Topliss-reactive ketones (excluding diaryl/α,β-unsaturated/α-hetero) is 9. The molecular formula is C93H128ClN13O20S. The van der Waals surface area contributed by atoms with Crippen molar-refractivity contribution in [2.75, 3.05) is 153 Å². The van der Waals surface area contributed by atoms with E-state index in [0.29, 0.717) is 227 Å². The van der Waals surface area contributed by atoms with Crippen molar-refractivity contribution in [1.82, 2.24) is 57.5 Å². The van der Waals surface area contributed by atoms with Gasteiger partial charge in [0, 0.05) is 171 Å². The van der Waals surface area contributed by atoms with Gasteiger partial charge < -0.3 is 80.2 Å². The maximum atomic E-state index is 13.6. The fourth-order valence-corrected chi connectivity index (χ4v) is 16.2. The van der Waals surface area contributed by atoms with Crippen LogP contribution in [0.2, 0.25) is 5.02 Å². The van der Waals surface area contributed by atoms with Gasteiger partial charge in [-0.15, -0.1) is 21.5 Å². The van der Waals surface area contributed by atoms with E-state index >= 15 is 0 Å². The summed E-state index contributed by atoms with van der Waals surface area (Å²) in [5.41, 5.74) is 7.46. The molecule has 0 saturated heterocycles. The van der Waals surface area contributed by atoms with Crippen LogP contribution in [0.5, 0.6) is 0 Å². The molecule has 8 aromatic rings. The number of aliphatic hydroxyl groups is 1. The molecule has 0 radical (unpaired) electrons. The highest BCUT2D eigenvalue weighted by molar-refractivity contribution is 7.15. The van der Waals surface area contributed by atoms with Crippen LogP contribution in [0.15, 0.2) is 72.4 Å². The number of benzene rings is 1. The number of ether oxygens (including phenoxy) is 10. The van der Waals surface area contributed by atoms with Gasteiger partial charge in [-0.1, -0.05) is 23.7 Å². The van der Waals surface area contributed by atoms with Gasteiger partial charge in [-0.3, -0.25) is 52.7 Å². The number of halogens is 1. The lowest BCUT2D eigenvalue weighted by Gasteiger charge is -2.12. The highest BCUT2D eigenvalue weighted by Gasteiger charge is 2.33. The number of aryl methyl sites for hydroxylation is 7. The molecule has 9 rings (SSSR count). The van der Waals surface area contributed by atoms with E-state index < -0.39 is 12.1 Å². The third kappa shape index (κ3) is 33.9. The summed E-state index contributed by atoms with van der Waals surface area (Å²) in [5, 5.41) is 21.8. The fourth-order valence-electron chi connectivity index (χ4n) is 14.8. The number of hydrogen-bond acceptors (Lipinski definition) is 28. The standard InChI is InChI=1S/C93H128ClN13O20S/c1-64-65(2)128-93-87(64)88(69-25-27-70(94)28-26-69)98-79(89-100-99-66(3)107(89)93)58-77(111)21-16-31-118-33-35-120-37-39-122-41-43-124-45-47-126-49-50-127-48-46-125-44-42-123-40-38-121-36-34-119-32-29-78(112)57-73-63-106(10)92(97-73)86(117)54-68-52-81(103(7)60-68)83(114)23-15-20-76(110)56-72-62-105(9)91(96-72)85(116)53-67-51-80(102(6)59-67)82(113)22-14-19-75(109)55-71-61-104(8)90(95-71)84(115)24-13-18-74(108)17-11-12-30-101(4)5/h25-28,51-52,59-63,79,86,117H,11-24,29-50,53-58H2,1-10H3/t79-,86?/m0/s1. The number of rotatable bonds is 69. The van der Waals surface area contributed by atoms with Gasteiger partial charge in [0.25, 0.3) is 0 Å². The SMILES string of the molecule is Cc1sc2c(c1C)C(c1ccc(Cl)cc1)=N[C@@H](CC(=O)CCCOCCOCCOCCOCCOCCOCCOCCOCCOCCOCCC(=O)Cc1cn(C)c(C(O)Cc3cc(C(=O)CCCC(=O)Cc4cn(C)c(C(=O)Cc5cc(C(=O)CCCC(=O)Cc6cn(C)c(C(=O)CCCC(=O)CCCCN(C)C)n6)n(C)c5)n4)n(C)c3)n1)c1nnc(C)n1-2. The van der Waals surface area contributed by atoms with Gasteiger partial charge in [-0.2, -0.15) is 0 Å². The van der Waals surface area contributed by atoms with E-state index in [1.807, 2.05) is 45.3 Å². The van der Waals surface area contributed by atoms with Gasteiger partial charge in [0.05, 0.1) is 179 Å². The van der Waals surface area contributed by atoms with Gasteiger partial charge in [0.2, 0.25) is 5.78 Å². The zero-order chi connectivity index (χ0) is 91.9. The largest absolute Gasteiger partial charge is 0.385 e. The average molecular weight is 1820 g/mol. The van der Waals surface area contributed by atoms with E-state index in [9.17, 15) is 48.3 Å². The van der Waals surface area contributed by atoms with Gasteiger partial charge in [0.1, 0.15) is 57.7 Å². The van der Waals surface area contributed by atoms with E-state index in [2.05, 4.69) is 48.5 Å². The molecule has 2 atom stereocenters. The van der Waals surface area contributed by atoms with Gasteiger partial charge in [0.15, 0.2) is 34.8 Å². The number of ketones is 9. The molecule has 0 amide bonds. The molecule has 7 aromatic heterocycles. The predicted octanol–water partition coefficient (Wildman–Crippen LogP) is 10.5. The molecule has 0 saturated carbocycles. The number of fused-ring (bicyclic) bond motifs is 3. The summed E-state index contributed by atoms with van der Waals surface area (Å²) in [6.45, 7) is 15.1. The number of aliphatic hydroxyl groups excluding tert-OH is 1. The van der Waals surface area contributed by atoms with E-state index in [1.165, 1.54) is 4.88 Å². The summed E-state index contributed by atoms with van der Waals surface area (Å²) in [7, 11) is 12.6. The first-order chi connectivity index (χ1) is 61.7. The van der Waals surface area contributed by atoms with E-state index in [0.717, 1.165) is 52.6 Å². The number of imidazole rings is 3. The van der Waals surface area contributed by atoms with Crippen molar-refractivity contribution in [2.24, 2.45) is 40.2 Å². The number of aliphatic imine (C=N–C) groups is 1. The lowest BCUT2D eigenvalue weighted by atomic mass is 9.99. The number of thiophene rings is 1. The summed E-state index contributed by atoms with van der Waals surface area (Å²) in [5.74, 6) is 1.26. The van der Waals surface area contributed by atoms with Crippen LogP contribution in [0, 0.1) is 20.8 Å². The third-order valence-electron chi connectivity index (χ3n) is 21.5. The number of nitrogens with zero attached hydrogens (tertiary/aromatic N) is 13. The Kier molecular flexibility index (Phi) is 43.6. The van der Waals surface area contributed by atoms with E-state index in [4.69, 9.17) is 64.0 Å². The molecule has 0 bridgehead atoms. The monoisotopic (exact) mass is 1810 g/mol. The second-order valence-electron chi connectivity index (χ2n) is 32.4. The van der Waals surface area contributed by atoms with Crippen LogP contribution in [0.25, 0.3) is 5.00 Å². The molecule has 1 N–H and O–H groups in total. The second kappa shape index (κ2) is 54.4. The van der Waals surface area contributed by atoms with Crippen LogP contribution in [-0.2, 0) is 139 Å². The first kappa shape index (κ1) is 102. The molecule has 1 aliphatic rings. The summed E-state index contributed by atoms with van der Waals surface area (Å²) < 4.78 is 66.4. The lowest BCUT2D eigenvalue weighted by molar-refractivity contribution is -0.120. The normalized spacial score (nSPS) is 12.9. The van der Waals surface area contributed by atoms with Crippen molar-refractivity contribution in [1.29, 1.82) is 0 Å². The molecule has 8 heterocycles. The zero-order valence-corrected chi connectivity index (χ0v) is 77.6. The highest BCUT2D eigenvalue weighted by Crippen LogP contribution is 2.40. The second-order valence-corrected chi connectivity index (χ2v) is 34.1. The topological polar surface area (TPSA) is 376 Å². The van der Waals surface area contributed by atoms with Crippen molar-refractivity contribution in [2.45, 2.75) is 168 Å². The molecule has 0 spiro atoms. The Labute approximate surface area is 758 Å². The third-order valence-corrected chi connectivity index (χ3v) is 23.0. The molecule has 1 aliphatic heterocycles. The molecule has 35 heteroatoms. The van der Waals surface area contributed by atoms with Crippen LogP contribution < -0.4 is 0 Å². The van der Waals surface area contributed by atoms with Crippen molar-refractivity contribution in [3.05, 3.63) is 163 Å². The minimum atomic E-state index is -1.02. The molecule has 0 aliphatic carbocycles. The Balaban J connectivity index is 0.512. The average Bonchev–Trinajstić information content (AvgIpc) is 1.59. The Hall–Kier alpha value is -9.24. The molecule has 0 fully saturated rings. The van der Waals surface area contributed by atoms with Gasteiger partial charge in [-0.05, 0) is 121 Å². The quantitative estimate of drug-likeness (QED) is 0.0273. The Morgan fingerprint density at radius 2 is 0.875 bits per heavy atom. The fraction of sp³-hybridized carbons (Fsp3) is 0.581. The summed E-state index contributed by atoms with van der Waals surface area (Å²) in [4.78, 5) is 140. The van der Waals surface area contributed by atoms with Crippen molar-refractivity contribution in [3.63, 3.8) is 0 Å². The minimum absolute atomic E-state index is 0.0211. The van der Waals surface area contributed by atoms with Crippen LogP contribution in [-0.4, -0.2) is 273 Å². The van der Waals surface area contributed by atoms with Crippen LogP contribution >= 0.6 is 22.9 Å². The Bertz CT molecular complexity index is 4950. The van der Waals surface area contributed by atoms with E-state index in [-0.39, 0.29) is 147 Å². The first-order valence-corrected chi connectivity index (χ1v) is 45.4. The molecule has 128 heavy (non-hydrogen) atoms. The molecule has 1 unspecified atom stereocenters. The van der Waals surface area contributed by atoms with Crippen molar-refractivity contribution >= 4 is 80.7 Å². The summed E-state index contributed by atoms with van der Waals surface area (Å²) in [6, 6.07) is 10.5. The smallest absolute Gasteiger partial charge is 0.202 e. The Morgan fingerprint density at radius 3 is 1.39 bits per heavy atom. The molecule has 1 aromatic carbocycles. The Morgan fingerprint density at radius 1 is 0.445 bits per heavy atom.